The van der Waals surface area contributed by atoms with Crippen LogP contribution >= 0.6 is 0 Å². The second kappa shape index (κ2) is 4.38. The molecule has 0 amide bonds. The van der Waals surface area contributed by atoms with Crippen LogP contribution in [0.25, 0.3) is 0 Å². The highest BCUT2D eigenvalue weighted by Gasteiger charge is 2.26. The molecule has 0 bridgehead atoms. The van der Waals surface area contributed by atoms with Crippen LogP contribution in [-0.2, 0) is 4.79 Å². The number of rotatable bonds is 2. The number of nitrogens with zero attached hydrogens (tertiary/aromatic N) is 3. The Hall–Kier alpha value is -1.45. The molecule has 0 aromatic carbocycles. The number of Topliss-reactive ketones (excluding diaryl/α,β-unsaturated/α-hetero) is 1. The van der Waals surface area contributed by atoms with E-state index in [1.165, 1.54) is 0 Å². The zero-order chi connectivity index (χ0) is 10.7. The van der Waals surface area contributed by atoms with Gasteiger partial charge in [0.05, 0.1) is 6.04 Å². The fourth-order valence-electron chi connectivity index (χ4n) is 2.08. The summed E-state index contributed by atoms with van der Waals surface area (Å²) < 4.78 is 0. The third kappa shape index (κ3) is 2.14. The van der Waals surface area contributed by atoms with Crippen molar-refractivity contribution >= 4 is 11.6 Å². The summed E-state index contributed by atoms with van der Waals surface area (Å²) in [5.41, 5.74) is 0. The highest BCUT2D eigenvalue weighted by molar-refractivity contribution is 5.84. The van der Waals surface area contributed by atoms with Crippen molar-refractivity contribution in [3.8, 4) is 0 Å². The average Bonchev–Trinajstić information content (AvgIpc) is 2.30. The Bertz CT molecular complexity index is 339. The molecule has 1 aliphatic rings. The molecule has 1 saturated heterocycles. The van der Waals surface area contributed by atoms with Gasteiger partial charge >= 0.3 is 0 Å². The number of hydrogen-bond acceptors (Lipinski definition) is 4. The van der Waals surface area contributed by atoms with Gasteiger partial charge in [-0.15, -0.1) is 5.10 Å². The van der Waals surface area contributed by atoms with E-state index in [4.69, 9.17) is 0 Å². The van der Waals surface area contributed by atoms with E-state index < -0.39 is 0 Å². The first kappa shape index (κ1) is 10.1. The Morgan fingerprint density at radius 1 is 1.53 bits per heavy atom. The van der Waals surface area contributed by atoms with Crippen LogP contribution in [0.5, 0.6) is 0 Å². The van der Waals surface area contributed by atoms with Gasteiger partial charge in [0.1, 0.15) is 0 Å². The van der Waals surface area contributed by atoms with Gasteiger partial charge in [0.2, 0.25) is 0 Å². The fraction of sp³-hybridized carbons (Fsp3) is 0.545. The number of carbonyl (C=O) groups is 1. The summed E-state index contributed by atoms with van der Waals surface area (Å²) in [6, 6.07) is 3.76. The van der Waals surface area contributed by atoms with Gasteiger partial charge < -0.3 is 4.90 Å². The van der Waals surface area contributed by atoms with E-state index in [2.05, 4.69) is 15.1 Å². The van der Waals surface area contributed by atoms with Crippen LogP contribution in [0, 0.1) is 0 Å². The summed E-state index contributed by atoms with van der Waals surface area (Å²) >= 11 is 0. The molecular weight excluding hydrogens is 190 g/mol. The monoisotopic (exact) mass is 205 g/mol. The van der Waals surface area contributed by atoms with E-state index >= 15 is 0 Å². The first-order chi connectivity index (χ1) is 7.29. The molecule has 1 aliphatic heterocycles. The SMILES string of the molecule is CC(=O)C1CCCCN1c1cccnn1. The number of anilines is 1. The van der Waals surface area contributed by atoms with Crippen LogP contribution in [-0.4, -0.2) is 28.6 Å². The summed E-state index contributed by atoms with van der Waals surface area (Å²) in [4.78, 5) is 13.6. The zero-order valence-electron chi connectivity index (χ0n) is 8.89. The first-order valence-corrected chi connectivity index (χ1v) is 5.34. The number of carbonyl (C=O) groups excluding carboxylic acids is 1. The molecule has 0 spiro atoms. The molecule has 1 atom stereocenters. The van der Waals surface area contributed by atoms with Gasteiger partial charge in [0.15, 0.2) is 11.6 Å². The predicted octanol–water partition coefficient (Wildman–Crippen LogP) is 1.42. The quantitative estimate of drug-likeness (QED) is 0.732. The zero-order valence-corrected chi connectivity index (χ0v) is 8.89. The molecule has 0 radical (unpaired) electrons. The normalized spacial score (nSPS) is 21.4. The maximum Gasteiger partial charge on any atom is 0.152 e. The minimum Gasteiger partial charge on any atom is -0.345 e. The van der Waals surface area contributed by atoms with E-state index in [9.17, 15) is 4.79 Å². The van der Waals surface area contributed by atoms with Gasteiger partial charge in [-0.2, -0.15) is 5.10 Å². The van der Waals surface area contributed by atoms with Gasteiger partial charge in [-0.3, -0.25) is 4.79 Å². The molecular formula is C11H15N3O. The maximum absolute atomic E-state index is 11.5. The molecule has 2 heterocycles. The molecule has 4 nitrogen and oxygen atoms in total. The van der Waals surface area contributed by atoms with Crippen molar-refractivity contribution in [1.82, 2.24) is 10.2 Å². The maximum atomic E-state index is 11.5. The number of aromatic nitrogens is 2. The standard InChI is InChI=1S/C11H15N3O/c1-9(15)10-5-2-3-8-14(10)11-6-4-7-12-13-11/h4,6-7,10H,2-3,5,8H2,1H3. The lowest BCUT2D eigenvalue weighted by Gasteiger charge is -2.34. The second-order valence-electron chi connectivity index (χ2n) is 3.90. The third-order valence-corrected chi connectivity index (χ3v) is 2.82. The van der Waals surface area contributed by atoms with Gasteiger partial charge in [-0.05, 0) is 38.3 Å². The van der Waals surface area contributed by atoms with E-state index in [1.807, 2.05) is 12.1 Å². The van der Waals surface area contributed by atoms with E-state index in [1.54, 1.807) is 13.1 Å². The number of piperidine rings is 1. The minimum atomic E-state index is -0.00421. The molecule has 80 valence electrons. The Labute approximate surface area is 89.3 Å². The fourth-order valence-corrected chi connectivity index (χ4v) is 2.08. The Balaban J connectivity index is 2.22. The van der Waals surface area contributed by atoms with Crippen LogP contribution < -0.4 is 4.90 Å². The Morgan fingerprint density at radius 3 is 3.07 bits per heavy atom. The number of ketones is 1. The van der Waals surface area contributed by atoms with E-state index in [-0.39, 0.29) is 11.8 Å². The number of hydrogen-bond donors (Lipinski definition) is 0. The lowest BCUT2D eigenvalue weighted by Crippen LogP contribution is -2.44. The Morgan fingerprint density at radius 2 is 2.40 bits per heavy atom. The highest BCUT2D eigenvalue weighted by atomic mass is 16.1. The van der Waals surface area contributed by atoms with Crippen LogP contribution in [0.15, 0.2) is 18.3 Å². The summed E-state index contributed by atoms with van der Waals surface area (Å²) in [5.74, 6) is 1.04. The molecule has 0 aliphatic carbocycles. The molecule has 2 rings (SSSR count). The largest absolute Gasteiger partial charge is 0.345 e. The molecule has 0 saturated carbocycles. The summed E-state index contributed by atoms with van der Waals surface area (Å²) in [5, 5.41) is 7.91. The molecule has 15 heavy (non-hydrogen) atoms. The molecule has 4 heteroatoms. The molecule has 1 unspecified atom stereocenters. The summed E-state index contributed by atoms with van der Waals surface area (Å²) in [7, 11) is 0. The molecule has 1 fully saturated rings. The van der Waals surface area contributed by atoms with Crippen molar-refractivity contribution in [2.75, 3.05) is 11.4 Å². The highest BCUT2D eigenvalue weighted by Crippen LogP contribution is 2.22. The first-order valence-electron chi connectivity index (χ1n) is 5.34. The minimum absolute atomic E-state index is 0.00421. The molecule has 0 N–H and O–H groups in total. The average molecular weight is 205 g/mol. The lowest BCUT2D eigenvalue weighted by molar-refractivity contribution is -0.118. The van der Waals surface area contributed by atoms with Gasteiger partial charge in [0.25, 0.3) is 0 Å². The van der Waals surface area contributed by atoms with Crippen LogP contribution in [0.3, 0.4) is 0 Å². The summed E-state index contributed by atoms with van der Waals surface area (Å²) in [6.07, 6.45) is 4.84. The summed E-state index contributed by atoms with van der Waals surface area (Å²) in [6.45, 7) is 2.56. The lowest BCUT2D eigenvalue weighted by atomic mass is 9.99. The van der Waals surface area contributed by atoms with Crippen LogP contribution in [0.1, 0.15) is 26.2 Å². The van der Waals surface area contributed by atoms with E-state index in [0.29, 0.717) is 0 Å². The van der Waals surface area contributed by atoms with Crippen molar-refractivity contribution in [1.29, 1.82) is 0 Å². The van der Waals surface area contributed by atoms with Crippen molar-refractivity contribution in [3.05, 3.63) is 18.3 Å². The second-order valence-corrected chi connectivity index (χ2v) is 3.90. The molecule has 1 aromatic heterocycles. The third-order valence-electron chi connectivity index (χ3n) is 2.82. The van der Waals surface area contributed by atoms with Crippen molar-refractivity contribution in [2.24, 2.45) is 0 Å². The van der Waals surface area contributed by atoms with Crippen molar-refractivity contribution < 1.29 is 4.79 Å². The van der Waals surface area contributed by atoms with Crippen LogP contribution in [0.2, 0.25) is 0 Å². The predicted molar refractivity (Wildman–Crippen MR) is 57.7 cm³/mol. The van der Waals surface area contributed by atoms with Crippen molar-refractivity contribution in [3.63, 3.8) is 0 Å². The topological polar surface area (TPSA) is 46.1 Å². The van der Waals surface area contributed by atoms with Crippen LogP contribution in [0.4, 0.5) is 5.82 Å². The molecule has 1 aromatic rings. The van der Waals surface area contributed by atoms with Gasteiger partial charge in [-0.1, -0.05) is 0 Å². The van der Waals surface area contributed by atoms with Gasteiger partial charge in [0, 0.05) is 12.7 Å². The van der Waals surface area contributed by atoms with E-state index in [0.717, 1.165) is 31.6 Å². The van der Waals surface area contributed by atoms with Crippen molar-refractivity contribution in [2.45, 2.75) is 32.2 Å². The Kier molecular flexibility index (Phi) is 2.94. The smallest absolute Gasteiger partial charge is 0.152 e. The van der Waals surface area contributed by atoms with Gasteiger partial charge in [-0.25, -0.2) is 0 Å².